The summed E-state index contributed by atoms with van der Waals surface area (Å²) < 4.78 is 0. The van der Waals surface area contributed by atoms with Crippen LogP contribution in [0, 0.1) is 0 Å². The fraction of sp³-hybridized carbons (Fsp3) is 0.333. The molecule has 0 aliphatic rings. The Morgan fingerprint density at radius 1 is 1.00 bits per heavy atom. The first kappa shape index (κ1) is 49.5. The van der Waals surface area contributed by atoms with Gasteiger partial charge in [0.1, 0.15) is 0 Å². The summed E-state index contributed by atoms with van der Waals surface area (Å²) >= 11 is 0. The van der Waals surface area contributed by atoms with Gasteiger partial charge >= 0.3 is 59.1 Å². The van der Waals surface area contributed by atoms with Crippen molar-refractivity contribution >= 4 is 12.1 Å². The largest absolute Gasteiger partial charge is 1.00 e. The van der Waals surface area contributed by atoms with E-state index in [1.54, 1.807) is 0 Å². The third kappa shape index (κ3) is 3700. The van der Waals surface area contributed by atoms with Crippen molar-refractivity contribution in [1.82, 2.24) is 0 Å². The molecule has 0 atom stereocenters. The first-order valence-corrected chi connectivity index (χ1v) is 1.54. The van der Waals surface area contributed by atoms with Crippen molar-refractivity contribution in [2.24, 2.45) is 0 Å². The Labute approximate surface area is 118 Å². The summed E-state index contributed by atoms with van der Waals surface area (Å²) in [6.45, 7) is 0.972. The molecule has 0 saturated heterocycles. The summed E-state index contributed by atoms with van der Waals surface area (Å²) in [5, 5.41) is 24.2. The number of hydrogen-bond acceptors (Lipinski definition) is 4. The van der Waals surface area contributed by atoms with Crippen molar-refractivity contribution in [3.8, 4) is 0 Å². The quantitative estimate of drug-likeness (QED) is 0.394. The van der Waals surface area contributed by atoms with Crippen molar-refractivity contribution in [3.05, 3.63) is 0 Å². The number of hydrogen-bond donors (Lipinski definition) is 1. The number of carboxylic acid groups (broad SMARTS) is 3. The first-order valence-electron chi connectivity index (χ1n) is 1.54. The molecule has 0 aliphatic heterocycles. The van der Waals surface area contributed by atoms with Gasteiger partial charge in [-0.2, -0.15) is 0 Å². The molecule has 0 fully saturated rings. The van der Waals surface area contributed by atoms with Crippen LogP contribution in [0.25, 0.3) is 0 Å². The molecule has 72 valence electrons. The van der Waals surface area contributed by atoms with Gasteiger partial charge in [-0.25, -0.2) is 0 Å². The summed E-state index contributed by atoms with van der Waals surface area (Å²) in [7, 11) is 0. The van der Waals surface area contributed by atoms with Gasteiger partial charge in [0.15, 0.2) is 0 Å². The van der Waals surface area contributed by atoms with Gasteiger partial charge in [-0.3, -0.25) is 0 Å². The van der Waals surface area contributed by atoms with Crippen molar-refractivity contribution in [2.45, 2.75) is 6.92 Å². The Balaban J connectivity index is -0.00000000800. The van der Waals surface area contributed by atoms with Crippen molar-refractivity contribution in [3.63, 3.8) is 0 Å². The zero-order chi connectivity index (χ0) is 7.15. The molecule has 13 heavy (non-hydrogen) atoms. The maximum Gasteiger partial charge on any atom is 1.00 e. The summed E-state index contributed by atoms with van der Waals surface area (Å²) in [4.78, 5) is 17.3. The van der Waals surface area contributed by atoms with Gasteiger partial charge in [-0.05, 0) is 6.92 Å². The molecule has 0 rings (SSSR count). The van der Waals surface area contributed by atoms with Gasteiger partial charge in [-0.1, -0.05) is 0 Å². The SMILES string of the molecule is CC(=O)[O-].O.O.O.O=C([O-])O.[Na+].[Na+]. The van der Waals surface area contributed by atoms with Crippen LogP contribution in [0.2, 0.25) is 0 Å². The summed E-state index contributed by atoms with van der Waals surface area (Å²) in [6.07, 6.45) is -2.08. The van der Waals surface area contributed by atoms with E-state index in [1.165, 1.54) is 0 Å². The van der Waals surface area contributed by atoms with E-state index < -0.39 is 12.1 Å². The van der Waals surface area contributed by atoms with Crippen LogP contribution in [0.4, 0.5) is 4.79 Å². The third-order valence-electron chi connectivity index (χ3n) is 0. The molecule has 0 spiro atoms. The molecular weight excluding hydrogens is 210 g/mol. The van der Waals surface area contributed by atoms with Crippen LogP contribution >= 0.6 is 0 Å². The average Bonchev–Trinajstić information content (AvgIpc) is 1.25. The molecule has 0 radical (unpaired) electrons. The second-order valence-electron chi connectivity index (χ2n) is 0.757. The second-order valence-corrected chi connectivity index (χ2v) is 0.757. The van der Waals surface area contributed by atoms with E-state index in [0.717, 1.165) is 6.92 Å². The summed E-state index contributed by atoms with van der Waals surface area (Å²) in [5.74, 6) is -1.08. The van der Waals surface area contributed by atoms with Gasteiger partial charge < -0.3 is 41.3 Å². The van der Waals surface area contributed by atoms with E-state index in [2.05, 4.69) is 0 Å². The number of carbonyl (C=O) groups is 2. The van der Waals surface area contributed by atoms with E-state index in [9.17, 15) is 0 Å². The molecular formula is C3H10Na2O8. The Morgan fingerprint density at radius 2 is 1.00 bits per heavy atom. The minimum absolute atomic E-state index is 0. The Hall–Kier alpha value is 0.620. The van der Waals surface area contributed by atoms with Crippen LogP contribution in [0.3, 0.4) is 0 Å². The van der Waals surface area contributed by atoms with Gasteiger partial charge in [0.2, 0.25) is 6.16 Å². The molecule has 7 N–H and O–H groups in total. The Kier molecular flexibility index (Phi) is 148. The van der Waals surface area contributed by atoms with Crippen LogP contribution in [0.1, 0.15) is 6.92 Å². The molecule has 0 aliphatic carbocycles. The summed E-state index contributed by atoms with van der Waals surface area (Å²) in [6, 6.07) is 0. The number of carboxylic acids is 1. The zero-order valence-electron chi connectivity index (χ0n) is 7.58. The van der Waals surface area contributed by atoms with Crippen molar-refractivity contribution in [2.75, 3.05) is 0 Å². The van der Waals surface area contributed by atoms with E-state index >= 15 is 0 Å². The zero-order valence-corrected chi connectivity index (χ0v) is 11.6. The van der Waals surface area contributed by atoms with Gasteiger partial charge in [0.05, 0.1) is 0 Å². The van der Waals surface area contributed by atoms with E-state index in [4.69, 9.17) is 24.9 Å². The molecule has 8 nitrogen and oxygen atoms in total. The minimum Gasteiger partial charge on any atom is -0.565 e. The van der Waals surface area contributed by atoms with Crippen LogP contribution in [-0.2, 0) is 4.79 Å². The first-order chi connectivity index (χ1) is 3.46. The number of aliphatic carboxylic acids is 1. The van der Waals surface area contributed by atoms with Gasteiger partial charge in [-0.15, -0.1) is 0 Å². The maximum atomic E-state index is 8.89. The van der Waals surface area contributed by atoms with Gasteiger partial charge in [0.25, 0.3) is 0 Å². The normalized spacial score (nSPS) is 3.77. The molecule has 0 aromatic rings. The fourth-order valence-electron chi connectivity index (χ4n) is 0. The van der Waals surface area contributed by atoms with E-state index in [-0.39, 0.29) is 75.5 Å². The summed E-state index contributed by atoms with van der Waals surface area (Å²) in [5.41, 5.74) is 0. The Morgan fingerprint density at radius 3 is 1.00 bits per heavy atom. The predicted molar refractivity (Wildman–Crippen MR) is 29.5 cm³/mol. The molecule has 10 heteroatoms. The topological polar surface area (TPSA) is 195 Å². The predicted octanol–water partition coefficient (Wildman–Crippen LogP) is -10.8. The van der Waals surface area contributed by atoms with Crippen LogP contribution in [0.5, 0.6) is 0 Å². The molecule has 0 unspecified atom stereocenters. The van der Waals surface area contributed by atoms with Crippen LogP contribution < -0.4 is 69.3 Å². The monoisotopic (exact) mass is 220 g/mol. The molecule has 0 aromatic carbocycles. The molecule has 0 saturated carbocycles. The molecule has 0 aromatic heterocycles. The smallest absolute Gasteiger partial charge is 0.565 e. The van der Waals surface area contributed by atoms with Crippen LogP contribution in [-0.4, -0.2) is 33.7 Å². The number of rotatable bonds is 0. The molecule has 0 amide bonds. The van der Waals surface area contributed by atoms with E-state index in [0.29, 0.717) is 0 Å². The average molecular weight is 220 g/mol. The van der Waals surface area contributed by atoms with Crippen LogP contribution in [0.15, 0.2) is 0 Å². The second kappa shape index (κ2) is 38.9. The Bertz CT molecular complexity index is 75.4. The van der Waals surface area contributed by atoms with Crippen molar-refractivity contribution < 1.29 is 100 Å². The van der Waals surface area contributed by atoms with E-state index in [1.807, 2.05) is 0 Å². The minimum atomic E-state index is -2.08. The third-order valence-corrected chi connectivity index (χ3v) is 0. The molecule has 0 heterocycles. The fourth-order valence-corrected chi connectivity index (χ4v) is 0. The number of carbonyl (C=O) groups excluding carboxylic acids is 1. The standard InChI is InChI=1S/C2H4O2.CH2O3.2Na.3H2O/c1-2(3)4;2-1(3)4;;;;;/h1H3,(H,3,4);(H2,2,3,4);;;3*1H2/q;;2*+1;;;/p-2. The van der Waals surface area contributed by atoms with Gasteiger partial charge in [0, 0.05) is 5.97 Å². The molecule has 0 bridgehead atoms. The maximum absolute atomic E-state index is 8.89. The van der Waals surface area contributed by atoms with Crippen molar-refractivity contribution in [1.29, 1.82) is 0 Å².